The highest BCUT2D eigenvalue weighted by molar-refractivity contribution is 5.93. The van der Waals surface area contributed by atoms with E-state index in [0.29, 0.717) is 35.1 Å². The van der Waals surface area contributed by atoms with Gasteiger partial charge in [0.2, 0.25) is 6.41 Å². The minimum absolute atomic E-state index is 0.319. The van der Waals surface area contributed by atoms with Crippen molar-refractivity contribution in [3.05, 3.63) is 47.8 Å². The zero-order valence-electron chi connectivity index (χ0n) is 11.7. The number of hydrogen-bond acceptors (Lipinski definition) is 3. The number of benzene rings is 1. The average Bonchev–Trinajstić information content (AvgIpc) is 2.95. The molecule has 118 valence electrons. The number of carbonyl (C=O) groups is 1. The molecule has 0 spiro atoms. The first-order valence-electron chi connectivity index (χ1n) is 6.66. The quantitative estimate of drug-likeness (QED) is 0.726. The molecule has 8 heteroatoms. The molecule has 23 heavy (non-hydrogen) atoms. The van der Waals surface area contributed by atoms with Crippen LogP contribution in [0, 0.1) is 0 Å². The van der Waals surface area contributed by atoms with Crippen molar-refractivity contribution in [1.29, 1.82) is 0 Å². The van der Waals surface area contributed by atoms with Crippen LogP contribution < -0.4 is 5.32 Å². The van der Waals surface area contributed by atoms with Gasteiger partial charge >= 0.3 is 6.18 Å². The van der Waals surface area contributed by atoms with Crippen molar-refractivity contribution in [3.63, 3.8) is 0 Å². The van der Waals surface area contributed by atoms with Crippen molar-refractivity contribution in [2.45, 2.75) is 12.7 Å². The number of fused-ring (bicyclic) bond motifs is 1. The Labute approximate surface area is 128 Å². The first kappa shape index (κ1) is 15.0. The Kier molecular flexibility index (Phi) is 3.73. The molecule has 0 saturated heterocycles. The molecule has 3 rings (SSSR count). The summed E-state index contributed by atoms with van der Waals surface area (Å²) in [7, 11) is 0. The lowest BCUT2D eigenvalue weighted by Crippen LogP contribution is -2.09. The standard InChI is InChI=1S/C15H11F3N4O/c16-15(17,18)13-6-10(3-4-20-13)14-11-5-9(7-19-8-23)1-2-12(11)21-22-14/h1-6,8H,7H2,(H,19,23)(H,21,22). The molecule has 0 saturated carbocycles. The monoisotopic (exact) mass is 320 g/mol. The minimum atomic E-state index is -4.51. The summed E-state index contributed by atoms with van der Waals surface area (Å²) in [5.41, 5.74) is 1.27. The average molecular weight is 320 g/mol. The predicted molar refractivity (Wildman–Crippen MR) is 77.2 cm³/mol. The third-order valence-electron chi connectivity index (χ3n) is 3.34. The fourth-order valence-electron chi connectivity index (χ4n) is 2.28. The highest BCUT2D eigenvalue weighted by Crippen LogP contribution is 2.32. The van der Waals surface area contributed by atoms with E-state index >= 15 is 0 Å². The van der Waals surface area contributed by atoms with Gasteiger partial charge in [-0.15, -0.1) is 0 Å². The van der Waals surface area contributed by atoms with Crippen LogP contribution in [0.5, 0.6) is 0 Å². The zero-order chi connectivity index (χ0) is 16.4. The summed E-state index contributed by atoms with van der Waals surface area (Å²) in [6.07, 6.45) is -2.82. The summed E-state index contributed by atoms with van der Waals surface area (Å²) in [5.74, 6) is 0. The summed E-state index contributed by atoms with van der Waals surface area (Å²) in [5, 5.41) is 10.1. The Balaban J connectivity index is 2.07. The molecular formula is C15H11F3N4O. The number of amides is 1. The third kappa shape index (κ3) is 3.01. The number of pyridine rings is 1. The summed E-state index contributed by atoms with van der Waals surface area (Å²) < 4.78 is 38.4. The van der Waals surface area contributed by atoms with Crippen LogP contribution in [-0.2, 0) is 17.5 Å². The van der Waals surface area contributed by atoms with E-state index in [9.17, 15) is 18.0 Å². The first-order valence-corrected chi connectivity index (χ1v) is 6.66. The zero-order valence-corrected chi connectivity index (χ0v) is 11.7. The van der Waals surface area contributed by atoms with Gasteiger partial charge in [-0.2, -0.15) is 18.3 Å². The van der Waals surface area contributed by atoms with Crippen LogP contribution in [0.3, 0.4) is 0 Å². The molecule has 3 aromatic rings. The van der Waals surface area contributed by atoms with Crippen molar-refractivity contribution < 1.29 is 18.0 Å². The normalized spacial score (nSPS) is 11.6. The molecule has 0 aliphatic rings. The molecule has 0 unspecified atom stereocenters. The van der Waals surface area contributed by atoms with Crippen molar-refractivity contribution in [1.82, 2.24) is 20.5 Å². The Bertz CT molecular complexity index is 857. The van der Waals surface area contributed by atoms with Crippen LogP contribution in [0.1, 0.15) is 11.3 Å². The Morgan fingerprint density at radius 3 is 2.78 bits per heavy atom. The SMILES string of the molecule is O=CNCc1ccc2[nH]nc(-c3ccnc(C(F)(F)F)c3)c2c1. The van der Waals surface area contributed by atoms with Crippen molar-refractivity contribution in [3.8, 4) is 11.3 Å². The van der Waals surface area contributed by atoms with Crippen molar-refractivity contribution in [2.24, 2.45) is 0 Å². The summed E-state index contributed by atoms with van der Waals surface area (Å²) in [6.45, 7) is 0.328. The maximum Gasteiger partial charge on any atom is 0.433 e. The van der Waals surface area contributed by atoms with E-state index in [1.807, 2.05) is 0 Å². The summed E-state index contributed by atoms with van der Waals surface area (Å²) in [4.78, 5) is 13.7. The van der Waals surface area contributed by atoms with E-state index in [0.717, 1.165) is 17.8 Å². The second-order valence-corrected chi connectivity index (χ2v) is 4.88. The molecule has 0 fully saturated rings. The van der Waals surface area contributed by atoms with Gasteiger partial charge in [-0.1, -0.05) is 6.07 Å². The number of nitrogens with zero attached hydrogens (tertiary/aromatic N) is 2. The minimum Gasteiger partial charge on any atom is -0.355 e. The van der Waals surface area contributed by atoms with Gasteiger partial charge in [0.25, 0.3) is 0 Å². The molecule has 1 amide bonds. The molecule has 2 N–H and O–H groups in total. The number of aromatic amines is 1. The second kappa shape index (κ2) is 5.71. The van der Waals surface area contributed by atoms with E-state index in [1.54, 1.807) is 18.2 Å². The molecule has 0 bridgehead atoms. The molecule has 0 aliphatic heterocycles. The lowest BCUT2D eigenvalue weighted by atomic mass is 10.1. The number of rotatable bonds is 4. The highest BCUT2D eigenvalue weighted by atomic mass is 19.4. The third-order valence-corrected chi connectivity index (χ3v) is 3.34. The second-order valence-electron chi connectivity index (χ2n) is 4.88. The number of alkyl halides is 3. The number of aromatic nitrogens is 3. The molecular weight excluding hydrogens is 309 g/mol. The highest BCUT2D eigenvalue weighted by Gasteiger charge is 2.32. The maximum absolute atomic E-state index is 12.8. The number of nitrogens with one attached hydrogen (secondary N) is 2. The number of halogens is 3. The fraction of sp³-hybridized carbons (Fsp3) is 0.133. The summed E-state index contributed by atoms with van der Waals surface area (Å²) >= 11 is 0. The van der Waals surface area contributed by atoms with Crippen LogP contribution in [0.2, 0.25) is 0 Å². The van der Waals surface area contributed by atoms with E-state index in [1.165, 1.54) is 6.07 Å². The topological polar surface area (TPSA) is 70.7 Å². The smallest absolute Gasteiger partial charge is 0.355 e. The van der Waals surface area contributed by atoms with E-state index < -0.39 is 11.9 Å². The van der Waals surface area contributed by atoms with Gasteiger partial charge < -0.3 is 5.32 Å². The lowest BCUT2D eigenvalue weighted by molar-refractivity contribution is -0.141. The van der Waals surface area contributed by atoms with Crippen LogP contribution in [0.25, 0.3) is 22.2 Å². The Morgan fingerprint density at radius 2 is 2.04 bits per heavy atom. The van der Waals surface area contributed by atoms with E-state index in [4.69, 9.17) is 0 Å². The molecule has 5 nitrogen and oxygen atoms in total. The van der Waals surface area contributed by atoms with Crippen LogP contribution in [0.15, 0.2) is 36.5 Å². The van der Waals surface area contributed by atoms with Gasteiger partial charge in [-0.05, 0) is 29.8 Å². The van der Waals surface area contributed by atoms with E-state index in [-0.39, 0.29) is 0 Å². The van der Waals surface area contributed by atoms with Gasteiger partial charge in [0.05, 0.1) is 5.52 Å². The first-order chi connectivity index (χ1) is 11.0. The largest absolute Gasteiger partial charge is 0.433 e. The fourth-order valence-corrected chi connectivity index (χ4v) is 2.28. The lowest BCUT2D eigenvalue weighted by Gasteiger charge is -2.07. The molecule has 2 aromatic heterocycles. The molecule has 0 atom stereocenters. The Hall–Kier alpha value is -2.90. The van der Waals surface area contributed by atoms with Gasteiger partial charge in [-0.25, -0.2) is 0 Å². The Morgan fingerprint density at radius 1 is 1.22 bits per heavy atom. The van der Waals surface area contributed by atoms with E-state index in [2.05, 4.69) is 20.5 Å². The van der Waals surface area contributed by atoms with Gasteiger partial charge in [0.15, 0.2) is 0 Å². The van der Waals surface area contributed by atoms with Crippen LogP contribution >= 0.6 is 0 Å². The predicted octanol–water partition coefficient (Wildman–Crippen LogP) is 2.89. The molecule has 1 aromatic carbocycles. The molecule has 2 heterocycles. The number of hydrogen-bond donors (Lipinski definition) is 2. The van der Waals surface area contributed by atoms with Crippen LogP contribution in [0.4, 0.5) is 13.2 Å². The maximum atomic E-state index is 12.8. The molecule has 0 radical (unpaired) electrons. The number of carbonyl (C=O) groups excluding carboxylic acids is 1. The molecule has 0 aliphatic carbocycles. The number of H-pyrrole nitrogens is 1. The van der Waals surface area contributed by atoms with Crippen LogP contribution in [-0.4, -0.2) is 21.6 Å². The van der Waals surface area contributed by atoms with Crippen molar-refractivity contribution in [2.75, 3.05) is 0 Å². The van der Waals surface area contributed by atoms with Crippen molar-refractivity contribution >= 4 is 17.3 Å². The van der Waals surface area contributed by atoms with Gasteiger partial charge in [0.1, 0.15) is 11.4 Å². The van der Waals surface area contributed by atoms with Gasteiger partial charge in [0, 0.05) is 23.7 Å². The summed E-state index contributed by atoms with van der Waals surface area (Å²) in [6, 6.07) is 7.78. The van der Waals surface area contributed by atoms with Gasteiger partial charge in [-0.3, -0.25) is 14.9 Å².